The summed E-state index contributed by atoms with van der Waals surface area (Å²) in [6.07, 6.45) is 0. The fourth-order valence-corrected chi connectivity index (χ4v) is 3.00. The van der Waals surface area contributed by atoms with E-state index in [1.54, 1.807) is 48.3 Å². The zero-order valence-corrected chi connectivity index (χ0v) is 16.0. The van der Waals surface area contributed by atoms with Crippen molar-refractivity contribution in [2.45, 2.75) is 20.8 Å². The Balaban J connectivity index is 1.86. The van der Waals surface area contributed by atoms with Crippen LogP contribution in [0.2, 0.25) is 0 Å². The van der Waals surface area contributed by atoms with Crippen LogP contribution in [0.5, 0.6) is 11.5 Å². The highest BCUT2D eigenvalue weighted by molar-refractivity contribution is 6.06. The smallest absolute Gasteiger partial charge is 0.259 e. The molecule has 0 unspecified atom stereocenters. The molecule has 0 aliphatic carbocycles. The molecule has 0 saturated heterocycles. The van der Waals surface area contributed by atoms with E-state index >= 15 is 0 Å². The summed E-state index contributed by atoms with van der Waals surface area (Å²) in [6, 6.07) is 12.4. The molecule has 0 atom stereocenters. The first-order chi connectivity index (χ1) is 12.8. The molecular weight excluding hydrogens is 344 g/mol. The number of fused-ring (bicyclic) bond motifs is 1. The van der Waals surface area contributed by atoms with E-state index in [0.717, 1.165) is 0 Å². The average Bonchev–Trinajstić information content (AvgIpc) is 2.73. The molecule has 0 bridgehead atoms. The number of hydrogen-bond donors (Lipinski definition) is 1. The molecule has 0 saturated carbocycles. The lowest BCUT2D eigenvalue weighted by Crippen LogP contribution is -2.39. The molecule has 27 heavy (non-hydrogen) atoms. The summed E-state index contributed by atoms with van der Waals surface area (Å²) in [6.45, 7) is 6.33. The second-order valence-electron chi connectivity index (χ2n) is 7.10. The number of hydrogen-bond acceptors (Lipinski definition) is 4. The standard InChI is InChI=1S/C21H24N2O4/c1-5-26-17-9-7-6-8-15(17)19(24)22-14-10-11-16-18(12-14)27-13-21(2,3)20(25)23(16)4/h6-12H,5,13H2,1-4H3,(H,22,24). The van der Waals surface area contributed by atoms with Crippen molar-refractivity contribution >= 4 is 23.2 Å². The quantitative estimate of drug-likeness (QED) is 0.893. The van der Waals surface area contributed by atoms with Crippen LogP contribution in [-0.2, 0) is 4.79 Å². The molecule has 2 aromatic rings. The monoisotopic (exact) mass is 368 g/mol. The summed E-state index contributed by atoms with van der Waals surface area (Å²) in [5.41, 5.74) is 1.11. The van der Waals surface area contributed by atoms with Crippen LogP contribution in [0.3, 0.4) is 0 Å². The second-order valence-corrected chi connectivity index (χ2v) is 7.10. The summed E-state index contributed by atoms with van der Waals surface area (Å²) in [5, 5.41) is 2.87. The Labute approximate surface area is 159 Å². The normalized spacial score (nSPS) is 15.4. The van der Waals surface area contributed by atoms with Gasteiger partial charge in [-0.1, -0.05) is 12.1 Å². The molecule has 2 amide bonds. The van der Waals surface area contributed by atoms with Crippen LogP contribution in [0.15, 0.2) is 42.5 Å². The summed E-state index contributed by atoms with van der Waals surface area (Å²) in [7, 11) is 1.73. The minimum Gasteiger partial charge on any atom is -0.493 e. The second kappa shape index (κ2) is 7.31. The van der Waals surface area contributed by atoms with Gasteiger partial charge in [-0.3, -0.25) is 9.59 Å². The SMILES string of the molecule is CCOc1ccccc1C(=O)Nc1ccc2c(c1)OCC(C)(C)C(=O)N2C. The number of nitrogens with zero attached hydrogens (tertiary/aromatic N) is 1. The van der Waals surface area contributed by atoms with Gasteiger partial charge in [0.05, 0.1) is 23.3 Å². The maximum Gasteiger partial charge on any atom is 0.259 e. The van der Waals surface area contributed by atoms with Gasteiger partial charge in [0.25, 0.3) is 5.91 Å². The van der Waals surface area contributed by atoms with Crippen LogP contribution in [0.1, 0.15) is 31.1 Å². The molecule has 6 heteroatoms. The molecule has 1 aliphatic heterocycles. The third-order valence-electron chi connectivity index (χ3n) is 4.48. The Morgan fingerprint density at radius 2 is 2.00 bits per heavy atom. The van der Waals surface area contributed by atoms with Gasteiger partial charge in [0, 0.05) is 18.8 Å². The predicted octanol–water partition coefficient (Wildman–Crippen LogP) is 3.72. The Morgan fingerprint density at radius 1 is 1.26 bits per heavy atom. The van der Waals surface area contributed by atoms with E-state index in [-0.39, 0.29) is 18.4 Å². The number of anilines is 2. The van der Waals surface area contributed by atoms with Gasteiger partial charge in [-0.15, -0.1) is 0 Å². The number of amides is 2. The van der Waals surface area contributed by atoms with Gasteiger partial charge >= 0.3 is 0 Å². The van der Waals surface area contributed by atoms with Gasteiger partial charge in [0.1, 0.15) is 18.1 Å². The molecule has 6 nitrogen and oxygen atoms in total. The van der Waals surface area contributed by atoms with Crippen LogP contribution in [0.25, 0.3) is 0 Å². The Morgan fingerprint density at radius 3 is 2.74 bits per heavy atom. The van der Waals surface area contributed by atoms with Crippen molar-refractivity contribution in [2.24, 2.45) is 5.41 Å². The van der Waals surface area contributed by atoms with Gasteiger partial charge in [-0.05, 0) is 45.0 Å². The van der Waals surface area contributed by atoms with E-state index in [9.17, 15) is 9.59 Å². The first kappa shape index (κ1) is 18.8. The molecule has 142 valence electrons. The van der Waals surface area contributed by atoms with Gasteiger partial charge in [-0.2, -0.15) is 0 Å². The molecule has 1 heterocycles. The van der Waals surface area contributed by atoms with Gasteiger partial charge in [0.2, 0.25) is 5.91 Å². The summed E-state index contributed by atoms with van der Waals surface area (Å²) >= 11 is 0. The van der Waals surface area contributed by atoms with E-state index in [0.29, 0.717) is 35.0 Å². The molecule has 0 spiro atoms. The molecule has 0 radical (unpaired) electrons. The minimum absolute atomic E-state index is 0.0105. The third-order valence-corrected chi connectivity index (χ3v) is 4.48. The van der Waals surface area contributed by atoms with E-state index in [2.05, 4.69) is 5.32 Å². The minimum atomic E-state index is -0.617. The number of benzene rings is 2. The number of ether oxygens (including phenoxy) is 2. The predicted molar refractivity (Wildman–Crippen MR) is 105 cm³/mol. The number of rotatable bonds is 4. The van der Waals surface area contributed by atoms with Crippen LogP contribution in [-0.4, -0.2) is 32.1 Å². The van der Waals surface area contributed by atoms with Crippen molar-refractivity contribution in [2.75, 3.05) is 30.5 Å². The zero-order chi connectivity index (χ0) is 19.6. The highest BCUT2D eigenvalue weighted by Gasteiger charge is 2.36. The average molecular weight is 368 g/mol. The maximum absolute atomic E-state index is 12.7. The summed E-state index contributed by atoms with van der Waals surface area (Å²) in [5.74, 6) is 0.823. The van der Waals surface area contributed by atoms with E-state index in [4.69, 9.17) is 9.47 Å². The topological polar surface area (TPSA) is 67.9 Å². The molecule has 2 aromatic carbocycles. The maximum atomic E-state index is 12.7. The first-order valence-corrected chi connectivity index (χ1v) is 8.91. The molecule has 0 aromatic heterocycles. The first-order valence-electron chi connectivity index (χ1n) is 8.91. The fraction of sp³-hybridized carbons (Fsp3) is 0.333. The highest BCUT2D eigenvalue weighted by Crippen LogP contribution is 2.37. The van der Waals surface area contributed by atoms with Crippen LogP contribution < -0.4 is 19.7 Å². The van der Waals surface area contributed by atoms with Gasteiger partial charge in [-0.25, -0.2) is 0 Å². The number of para-hydroxylation sites is 1. The van der Waals surface area contributed by atoms with Gasteiger partial charge < -0.3 is 19.7 Å². The highest BCUT2D eigenvalue weighted by atomic mass is 16.5. The third kappa shape index (κ3) is 3.74. The van der Waals surface area contributed by atoms with Crippen molar-refractivity contribution in [3.63, 3.8) is 0 Å². The summed E-state index contributed by atoms with van der Waals surface area (Å²) < 4.78 is 11.4. The van der Waals surface area contributed by atoms with E-state index in [1.165, 1.54) is 0 Å². The number of carbonyl (C=O) groups is 2. The molecule has 1 N–H and O–H groups in total. The largest absolute Gasteiger partial charge is 0.493 e. The van der Waals surface area contributed by atoms with Crippen LogP contribution >= 0.6 is 0 Å². The van der Waals surface area contributed by atoms with Crippen molar-refractivity contribution < 1.29 is 19.1 Å². The molecule has 3 rings (SSSR count). The molecular formula is C21H24N2O4. The Kier molecular flexibility index (Phi) is 5.08. The summed E-state index contributed by atoms with van der Waals surface area (Å²) in [4.78, 5) is 26.8. The number of nitrogens with one attached hydrogen (secondary N) is 1. The lowest BCUT2D eigenvalue weighted by atomic mass is 9.93. The van der Waals surface area contributed by atoms with Crippen molar-refractivity contribution in [1.29, 1.82) is 0 Å². The van der Waals surface area contributed by atoms with Crippen molar-refractivity contribution in [3.8, 4) is 11.5 Å². The fourth-order valence-electron chi connectivity index (χ4n) is 3.00. The van der Waals surface area contributed by atoms with Crippen molar-refractivity contribution in [3.05, 3.63) is 48.0 Å². The van der Waals surface area contributed by atoms with Gasteiger partial charge in [0.15, 0.2) is 0 Å². The van der Waals surface area contributed by atoms with E-state index < -0.39 is 5.41 Å². The number of carbonyl (C=O) groups excluding carboxylic acids is 2. The van der Waals surface area contributed by atoms with Crippen LogP contribution in [0, 0.1) is 5.41 Å². The Hall–Kier alpha value is -3.02. The van der Waals surface area contributed by atoms with E-state index in [1.807, 2.05) is 26.8 Å². The van der Waals surface area contributed by atoms with Crippen molar-refractivity contribution in [1.82, 2.24) is 0 Å². The zero-order valence-electron chi connectivity index (χ0n) is 16.0. The van der Waals surface area contributed by atoms with Crippen LogP contribution in [0.4, 0.5) is 11.4 Å². The molecule has 0 fully saturated rings. The molecule has 1 aliphatic rings. The Bertz CT molecular complexity index is 876. The lowest BCUT2D eigenvalue weighted by molar-refractivity contribution is -0.127. The lowest BCUT2D eigenvalue weighted by Gasteiger charge is -2.24.